The zero-order valence-electron chi connectivity index (χ0n) is 11.9. The molecule has 3 heteroatoms. The number of hydrogen-bond donors (Lipinski definition) is 1. The highest BCUT2D eigenvalue weighted by atomic mass is 15.1. The molecule has 1 aliphatic carbocycles. The third kappa shape index (κ3) is 2.34. The van der Waals surface area contributed by atoms with Gasteiger partial charge in [0.25, 0.3) is 0 Å². The number of imidazole rings is 1. The molecule has 0 bridgehead atoms. The maximum atomic E-state index is 5.88. The van der Waals surface area contributed by atoms with E-state index in [9.17, 15) is 0 Å². The van der Waals surface area contributed by atoms with Crippen LogP contribution in [0.4, 0.5) is 5.69 Å². The fourth-order valence-corrected chi connectivity index (χ4v) is 2.86. The SMILES string of the molecule is CCCCC(C)n1c(C2CC2)nc2cc(N)ccc21. The maximum absolute atomic E-state index is 5.88. The molecule has 1 atom stereocenters. The van der Waals surface area contributed by atoms with Crippen molar-refractivity contribution in [3.63, 3.8) is 0 Å². The summed E-state index contributed by atoms with van der Waals surface area (Å²) in [7, 11) is 0. The number of anilines is 1. The number of unbranched alkanes of at least 4 members (excludes halogenated alkanes) is 1. The largest absolute Gasteiger partial charge is 0.399 e. The molecule has 0 saturated heterocycles. The lowest BCUT2D eigenvalue weighted by Gasteiger charge is -2.17. The highest BCUT2D eigenvalue weighted by Crippen LogP contribution is 2.42. The van der Waals surface area contributed by atoms with Gasteiger partial charge in [0.1, 0.15) is 5.82 Å². The summed E-state index contributed by atoms with van der Waals surface area (Å²) < 4.78 is 2.46. The Morgan fingerprint density at radius 1 is 1.42 bits per heavy atom. The third-order valence-corrected chi connectivity index (χ3v) is 4.10. The highest BCUT2D eigenvalue weighted by Gasteiger charge is 2.30. The van der Waals surface area contributed by atoms with Crippen LogP contribution in [0.1, 0.15) is 63.7 Å². The van der Waals surface area contributed by atoms with Crippen LogP contribution in [0.2, 0.25) is 0 Å². The minimum atomic E-state index is 0.532. The van der Waals surface area contributed by atoms with Gasteiger partial charge in [0.05, 0.1) is 11.0 Å². The molecular weight excluding hydrogens is 234 g/mol. The van der Waals surface area contributed by atoms with Crippen molar-refractivity contribution >= 4 is 16.7 Å². The summed E-state index contributed by atoms with van der Waals surface area (Å²) in [5.41, 5.74) is 9.00. The Morgan fingerprint density at radius 2 is 2.21 bits per heavy atom. The van der Waals surface area contributed by atoms with Crippen LogP contribution in [0.15, 0.2) is 18.2 Å². The number of hydrogen-bond acceptors (Lipinski definition) is 2. The summed E-state index contributed by atoms with van der Waals surface area (Å²) in [4.78, 5) is 4.85. The molecule has 2 aromatic rings. The number of nitrogens with two attached hydrogens (primary N) is 1. The molecule has 0 aliphatic heterocycles. The van der Waals surface area contributed by atoms with E-state index in [-0.39, 0.29) is 0 Å². The zero-order valence-corrected chi connectivity index (χ0v) is 11.9. The fourth-order valence-electron chi connectivity index (χ4n) is 2.86. The van der Waals surface area contributed by atoms with Gasteiger partial charge in [-0.05, 0) is 44.4 Å². The maximum Gasteiger partial charge on any atom is 0.113 e. The van der Waals surface area contributed by atoms with Gasteiger partial charge in [-0.15, -0.1) is 0 Å². The van der Waals surface area contributed by atoms with Crippen molar-refractivity contribution in [2.24, 2.45) is 0 Å². The molecule has 1 saturated carbocycles. The molecule has 1 unspecified atom stereocenters. The second kappa shape index (κ2) is 4.87. The van der Waals surface area contributed by atoms with Gasteiger partial charge in [-0.25, -0.2) is 4.98 Å². The van der Waals surface area contributed by atoms with Crippen molar-refractivity contribution < 1.29 is 0 Å². The monoisotopic (exact) mass is 257 g/mol. The summed E-state index contributed by atoms with van der Waals surface area (Å²) in [5.74, 6) is 1.96. The lowest BCUT2D eigenvalue weighted by atomic mass is 10.1. The van der Waals surface area contributed by atoms with E-state index in [1.807, 2.05) is 12.1 Å². The molecule has 0 radical (unpaired) electrons. The summed E-state index contributed by atoms with van der Waals surface area (Å²) in [6.45, 7) is 4.57. The normalized spacial score (nSPS) is 16.9. The Balaban J connectivity index is 2.05. The van der Waals surface area contributed by atoms with Gasteiger partial charge in [-0.1, -0.05) is 19.8 Å². The molecule has 1 aromatic carbocycles. The summed E-state index contributed by atoms with van der Waals surface area (Å²) in [6.07, 6.45) is 6.34. The molecule has 1 fully saturated rings. The summed E-state index contributed by atoms with van der Waals surface area (Å²) in [6, 6.07) is 6.66. The molecule has 3 rings (SSSR count). The van der Waals surface area contributed by atoms with E-state index >= 15 is 0 Å². The first kappa shape index (κ1) is 12.5. The molecular formula is C16H23N3. The van der Waals surface area contributed by atoms with E-state index < -0.39 is 0 Å². The van der Waals surface area contributed by atoms with Gasteiger partial charge in [0, 0.05) is 17.6 Å². The Kier molecular flexibility index (Phi) is 3.21. The quantitative estimate of drug-likeness (QED) is 0.814. The van der Waals surface area contributed by atoms with E-state index in [2.05, 4.69) is 24.5 Å². The first-order chi connectivity index (χ1) is 9.20. The van der Waals surface area contributed by atoms with Crippen LogP contribution < -0.4 is 5.73 Å². The number of benzene rings is 1. The number of fused-ring (bicyclic) bond motifs is 1. The van der Waals surface area contributed by atoms with Crippen LogP contribution in [0.25, 0.3) is 11.0 Å². The summed E-state index contributed by atoms with van der Waals surface area (Å²) >= 11 is 0. The molecule has 1 heterocycles. The molecule has 0 spiro atoms. The minimum absolute atomic E-state index is 0.532. The van der Waals surface area contributed by atoms with Crippen molar-refractivity contribution in [1.82, 2.24) is 9.55 Å². The smallest absolute Gasteiger partial charge is 0.113 e. The van der Waals surface area contributed by atoms with Gasteiger partial charge in [0.15, 0.2) is 0 Å². The van der Waals surface area contributed by atoms with E-state index in [0.29, 0.717) is 12.0 Å². The molecule has 0 amide bonds. The van der Waals surface area contributed by atoms with E-state index in [1.54, 1.807) is 0 Å². The van der Waals surface area contributed by atoms with Gasteiger partial charge >= 0.3 is 0 Å². The molecule has 1 aliphatic rings. The molecule has 3 nitrogen and oxygen atoms in total. The van der Waals surface area contributed by atoms with Crippen LogP contribution in [0.5, 0.6) is 0 Å². The van der Waals surface area contributed by atoms with E-state index in [1.165, 1.54) is 43.4 Å². The number of nitrogen functional groups attached to an aromatic ring is 1. The summed E-state index contributed by atoms with van der Waals surface area (Å²) in [5, 5.41) is 0. The minimum Gasteiger partial charge on any atom is -0.399 e. The van der Waals surface area contributed by atoms with Crippen LogP contribution in [-0.4, -0.2) is 9.55 Å². The van der Waals surface area contributed by atoms with Crippen LogP contribution in [0, 0.1) is 0 Å². The highest BCUT2D eigenvalue weighted by molar-refractivity contribution is 5.80. The van der Waals surface area contributed by atoms with Crippen LogP contribution in [-0.2, 0) is 0 Å². The lowest BCUT2D eigenvalue weighted by molar-refractivity contribution is 0.480. The first-order valence-corrected chi connectivity index (χ1v) is 7.48. The van der Waals surface area contributed by atoms with Crippen LogP contribution in [0.3, 0.4) is 0 Å². The third-order valence-electron chi connectivity index (χ3n) is 4.10. The standard InChI is InChI=1S/C16H23N3/c1-3-4-5-11(2)19-15-9-8-13(17)10-14(15)18-16(19)12-6-7-12/h8-12H,3-7,17H2,1-2H3. The van der Waals surface area contributed by atoms with Crippen molar-refractivity contribution in [2.75, 3.05) is 5.73 Å². The Labute approximate surface area is 114 Å². The average molecular weight is 257 g/mol. The van der Waals surface area contributed by atoms with Crippen molar-refractivity contribution in [1.29, 1.82) is 0 Å². The van der Waals surface area contributed by atoms with E-state index in [0.717, 1.165) is 11.2 Å². The second-order valence-electron chi connectivity index (χ2n) is 5.85. The Bertz CT molecular complexity index is 581. The molecule has 102 valence electrons. The van der Waals surface area contributed by atoms with Crippen molar-refractivity contribution in [3.05, 3.63) is 24.0 Å². The predicted molar refractivity (Wildman–Crippen MR) is 80.4 cm³/mol. The lowest BCUT2D eigenvalue weighted by Crippen LogP contribution is -2.08. The molecule has 2 N–H and O–H groups in total. The molecule has 19 heavy (non-hydrogen) atoms. The first-order valence-electron chi connectivity index (χ1n) is 7.48. The fraction of sp³-hybridized carbons (Fsp3) is 0.562. The van der Waals surface area contributed by atoms with Crippen molar-refractivity contribution in [3.8, 4) is 0 Å². The van der Waals surface area contributed by atoms with Gasteiger partial charge in [-0.2, -0.15) is 0 Å². The average Bonchev–Trinajstić information content (AvgIpc) is 3.17. The number of nitrogens with zero attached hydrogens (tertiary/aromatic N) is 2. The number of rotatable bonds is 5. The van der Waals surface area contributed by atoms with Gasteiger partial charge < -0.3 is 10.3 Å². The second-order valence-corrected chi connectivity index (χ2v) is 5.85. The van der Waals surface area contributed by atoms with Crippen LogP contribution >= 0.6 is 0 Å². The number of aromatic nitrogens is 2. The predicted octanol–water partition coefficient (Wildman–Crippen LogP) is 4.25. The Hall–Kier alpha value is -1.51. The van der Waals surface area contributed by atoms with Gasteiger partial charge in [0.2, 0.25) is 0 Å². The topological polar surface area (TPSA) is 43.8 Å². The van der Waals surface area contributed by atoms with E-state index in [4.69, 9.17) is 10.7 Å². The Morgan fingerprint density at radius 3 is 2.89 bits per heavy atom. The zero-order chi connectivity index (χ0) is 13.4. The molecule has 1 aromatic heterocycles. The van der Waals surface area contributed by atoms with Crippen molar-refractivity contribution in [2.45, 2.75) is 57.9 Å². The van der Waals surface area contributed by atoms with Gasteiger partial charge in [-0.3, -0.25) is 0 Å².